The van der Waals surface area contributed by atoms with Gasteiger partial charge in [0, 0.05) is 46.5 Å². The molecule has 0 atom stereocenters. The molecule has 0 saturated heterocycles. The summed E-state index contributed by atoms with van der Waals surface area (Å²) in [6, 6.07) is 16.8. The molecule has 7 nitrogen and oxygen atoms in total. The summed E-state index contributed by atoms with van der Waals surface area (Å²) in [5.41, 5.74) is 6.23. The number of rotatable bonds is 8. The quantitative estimate of drug-likeness (QED) is 0.260. The standard InChI is InChI=1S/C30H30N2O5/c1-6-36-24-12-10-21(11-13-24)27-17-37-30-19(3)29(35-5)25(16-26(27)30)18(2)14-28(34)32-23-9-7-8-22(15-23)31-20(4)33/h7-17H,6H2,1-5H3,(H,31,33)(H,32,34)/b18-14+. The highest BCUT2D eigenvalue weighted by Crippen LogP contribution is 2.40. The summed E-state index contributed by atoms with van der Waals surface area (Å²) in [6.07, 6.45) is 3.27. The van der Waals surface area contributed by atoms with Gasteiger partial charge in [0.1, 0.15) is 17.1 Å². The van der Waals surface area contributed by atoms with E-state index in [1.54, 1.807) is 37.6 Å². The van der Waals surface area contributed by atoms with E-state index in [4.69, 9.17) is 13.9 Å². The molecule has 1 aromatic heterocycles. The smallest absolute Gasteiger partial charge is 0.248 e. The van der Waals surface area contributed by atoms with E-state index in [2.05, 4.69) is 10.6 Å². The van der Waals surface area contributed by atoms with Gasteiger partial charge in [-0.3, -0.25) is 9.59 Å². The molecule has 0 spiro atoms. The van der Waals surface area contributed by atoms with E-state index in [0.717, 1.165) is 44.5 Å². The number of furan rings is 1. The maximum atomic E-state index is 12.9. The molecule has 2 N–H and O–H groups in total. The van der Waals surface area contributed by atoms with E-state index in [1.807, 2.05) is 51.1 Å². The fraction of sp³-hybridized carbons (Fsp3) is 0.200. The third-order valence-corrected chi connectivity index (χ3v) is 5.95. The number of nitrogens with one attached hydrogen (secondary N) is 2. The van der Waals surface area contributed by atoms with E-state index >= 15 is 0 Å². The van der Waals surface area contributed by atoms with Crippen LogP contribution < -0.4 is 20.1 Å². The lowest BCUT2D eigenvalue weighted by Gasteiger charge is -2.13. The van der Waals surface area contributed by atoms with Crippen molar-refractivity contribution in [3.8, 4) is 22.6 Å². The minimum atomic E-state index is -0.295. The van der Waals surface area contributed by atoms with Crippen LogP contribution in [-0.2, 0) is 9.59 Å². The van der Waals surface area contributed by atoms with Crippen LogP contribution in [0.3, 0.4) is 0 Å². The molecule has 0 saturated carbocycles. The molecule has 4 rings (SSSR count). The van der Waals surface area contributed by atoms with E-state index < -0.39 is 0 Å². The predicted molar refractivity (Wildman–Crippen MR) is 147 cm³/mol. The average molecular weight is 499 g/mol. The van der Waals surface area contributed by atoms with Crippen molar-refractivity contribution in [1.82, 2.24) is 0 Å². The lowest BCUT2D eigenvalue weighted by atomic mass is 9.96. The second-order valence-corrected chi connectivity index (χ2v) is 8.64. The highest BCUT2D eigenvalue weighted by Gasteiger charge is 2.19. The summed E-state index contributed by atoms with van der Waals surface area (Å²) in [5, 5.41) is 6.49. The van der Waals surface area contributed by atoms with Crippen molar-refractivity contribution in [1.29, 1.82) is 0 Å². The number of carbonyl (C=O) groups is 2. The SMILES string of the molecule is CCOc1ccc(-c2coc3c(C)c(OC)c(/C(C)=C/C(=O)Nc4cccc(NC(C)=O)c4)cc23)cc1. The van der Waals surface area contributed by atoms with Crippen molar-refractivity contribution in [2.75, 3.05) is 24.4 Å². The van der Waals surface area contributed by atoms with E-state index in [-0.39, 0.29) is 11.8 Å². The van der Waals surface area contributed by atoms with E-state index in [9.17, 15) is 9.59 Å². The summed E-state index contributed by atoms with van der Waals surface area (Å²) >= 11 is 0. The molecule has 0 aliphatic heterocycles. The third-order valence-electron chi connectivity index (χ3n) is 5.95. The normalized spacial score (nSPS) is 11.3. The van der Waals surface area contributed by atoms with Crippen LogP contribution in [0.2, 0.25) is 0 Å². The maximum absolute atomic E-state index is 12.9. The Bertz CT molecular complexity index is 1480. The highest BCUT2D eigenvalue weighted by atomic mass is 16.5. The number of carbonyl (C=O) groups excluding carboxylic acids is 2. The van der Waals surface area contributed by atoms with Crippen molar-refractivity contribution in [3.05, 3.63) is 78.1 Å². The molecule has 0 aliphatic rings. The largest absolute Gasteiger partial charge is 0.496 e. The Hall–Kier alpha value is -4.52. The van der Waals surface area contributed by atoms with E-state index in [0.29, 0.717) is 23.7 Å². The first-order chi connectivity index (χ1) is 17.8. The van der Waals surface area contributed by atoms with Crippen LogP contribution in [0.1, 0.15) is 31.9 Å². The minimum Gasteiger partial charge on any atom is -0.496 e. The van der Waals surface area contributed by atoms with Crippen molar-refractivity contribution in [3.63, 3.8) is 0 Å². The Morgan fingerprint density at radius 3 is 2.35 bits per heavy atom. The molecule has 1 heterocycles. The molecule has 0 fully saturated rings. The number of methoxy groups -OCH3 is 1. The molecule has 3 aromatic carbocycles. The number of allylic oxidation sites excluding steroid dienone is 1. The van der Waals surface area contributed by atoms with Crippen molar-refractivity contribution < 1.29 is 23.5 Å². The van der Waals surface area contributed by atoms with Gasteiger partial charge in [0.05, 0.1) is 20.0 Å². The summed E-state index contributed by atoms with van der Waals surface area (Å²) in [5.74, 6) is 0.983. The zero-order valence-corrected chi connectivity index (χ0v) is 21.6. The molecular weight excluding hydrogens is 468 g/mol. The van der Waals surface area contributed by atoms with Gasteiger partial charge >= 0.3 is 0 Å². The van der Waals surface area contributed by atoms with Crippen LogP contribution >= 0.6 is 0 Å². The van der Waals surface area contributed by atoms with Gasteiger partial charge in [-0.1, -0.05) is 18.2 Å². The summed E-state index contributed by atoms with van der Waals surface area (Å²) in [4.78, 5) is 24.2. The molecule has 0 bridgehead atoms. The monoisotopic (exact) mass is 498 g/mol. The van der Waals surface area contributed by atoms with Crippen molar-refractivity contribution in [2.24, 2.45) is 0 Å². The molecule has 190 valence electrons. The first-order valence-electron chi connectivity index (χ1n) is 12.0. The Labute approximate surface area is 216 Å². The average Bonchev–Trinajstić information content (AvgIpc) is 3.29. The van der Waals surface area contributed by atoms with Crippen LogP contribution in [0.25, 0.3) is 27.7 Å². The third kappa shape index (κ3) is 5.67. The van der Waals surface area contributed by atoms with Gasteiger partial charge in [0.15, 0.2) is 0 Å². The Kier molecular flexibility index (Phi) is 7.63. The second-order valence-electron chi connectivity index (χ2n) is 8.64. The molecule has 0 radical (unpaired) electrons. The number of ether oxygens (including phenoxy) is 2. The number of aryl methyl sites for hydroxylation is 1. The van der Waals surface area contributed by atoms with Gasteiger partial charge in [-0.25, -0.2) is 0 Å². The second kappa shape index (κ2) is 11.0. The molecule has 4 aromatic rings. The molecule has 7 heteroatoms. The van der Waals surface area contributed by atoms with Crippen LogP contribution in [-0.4, -0.2) is 25.5 Å². The fourth-order valence-electron chi connectivity index (χ4n) is 4.32. The molecular formula is C30H30N2O5. The zero-order chi connectivity index (χ0) is 26.5. The van der Waals surface area contributed by atoms with Gasteiger partial charge in [0.2, 0.25) is 11.8 Å². The highest BCUT2D eigenvalue weighted by molar-refractivity contribution is 6.06. The predicted octanol–water partition coefficient (Wildman–Crippen LogP) is 6.82. The Balaban J connectivity index is 1.68. The summed E-state index contributed by atoms with van der Waals surface area (Å²) < 4.78 is 17.2. The maximum Gasteiger partial charge on any atom is 0.248 e. The first-order valence-corrected chi connectivity index (χ1v) is 12.0. The van der Waals surface area contributed by atoms with Crippen molar-refractivity contribution >= 4 is 39.7 Å². The number of fused-ring (bicyclic) bond motifs is 1. The van der Waals surface area contributed by atoms with Crippen LogP contribution in [0, 0.1) is 6.92 Å². The number of anilines is 2. The van der Waals surface area contributed by atoms with Gasteiger partial charge in [-0.15, -0.1) is 0 Å². The van der Waals surface area contributed by atoms with Crippen LogP contribution in [0.15, 0.2) is 71.4 Å². The first kappa shape index (κ1) is 25.6. The lowest BCUT2D eigenvalue weighted by Crippen LogP contribution is -2.10. The fourth-order valence-corrected chi connectivity index (χ4v) is 4.32. The zero-order valence-electron chi connectivity index (χ0n) is 21.6. The molecule has 37 heavy (non-hydrogen) atoms. The number of hydrogen-bond donors (Lipinski definition) is 2. The number of hydrogen-bond acceptors (Lipinski definition) is 5. The molecule has 0 aliphatic carbocycles. The van der Waals surface area contributed by atoms with E-state index in [1.165, 1.54) is 13.0 Å². The number of benzene rings is 3. The van der Waals surface area contributed by atoms with Gasteiger partial charge < -0.3 is 24.5 Å². The molecule has 2 amide bonds. The summed E-state index contributed by atoms with van der Waals surface area (Å²) in [7, 11) is 1.61. The van der Waals surface area contributed by atoms with Crippen LogP contribution in [0.4, 0.5) is 11.4 Å². The van der Waals surface area contributed by atoms with Crippen LogP contribution in [0.5, 0.6) is 11.5 Å². The Morgan fingerprint density at radius 1 is 1.00 bits per heavy atom. The topological polar surface area (TPSA) is 89.8 Å². The molecule has 0 unspecified atom stereocenters. The minimum absolute atomic E-state index is 0.180. The van der Waals surface area contributed by atoms with Crippen molar-refractivity contribution in [2.45, 2.75) is 27.7 Å². The lowest BCUT2D eigenvalue weighted by molar-refractivity contribution is -0.114. The summed E-state index contributed by atoms with van der Waals surface area (Å²) in [6.45, 7) is 7.80. The van der Waals surface area contributed by atoms with Gasteiger partial charge in [0.25, 0.3) is 0 Å². The van der Waals surface area contributed by atoms with Gasteiger partial charge in [-0.2, -0.15) is 0 Å². The Morgan fingerprint density at radius 2 is 1.70 bits per heavy atom. The number of amides is 2. The van der Waals surface area contributed by atoms with Gasteiger partial charge in [-0.05, 0) is 68.3 Å².